The summed E-state index contributed by atoms with van der Waals surface area (Å²) < 4.78 is 0.990. The quantitative estimate of drug-likeness (QED) is 0.871. The fraction of sp³-hybridized carbons (Fsp3) is 0.462. The Kier molecular flexibility index (Phi) is 6.18. The van der Waals surface area contributed by atoms with Gasteiger partial charge < -0.3 is 10.4 Å². The Morgan fingerprint density at radius 1 is 1.56 bits per heavy atom. The van der Waals surface area contributed by atoms with Crippen molar-refractivity contribution < 1.29 is 9.90 Å². The van der Waals surface area contributed by atoms with Crippen molar-refractivity contribution >= 4 is 33.6 Å². The van der Waals surface area contributed by atoms with Gasteiger partial charge in [0.2, 0.25) is 0 Å². The average Bonchev–Trinajstić information content (AvgIpc) is 2.34. The summed E-state index contributed by atoms with van der Waals surface area (Å²) in [5.74, 6) is -0.106. The van der Waals surface area contributed by atoms with Gasteiger partial charge in [-0.3, -0.25) is 4.79 Å². The normalized spacial score (nSPS) is 14.1. The van der Waals surface area contributed by atoms with Gasteiger partial charge in [-0.15, -0.1) is 0 Å². The largest absolute Gasteiger partial charge is 0.395 e. The van der Waals surface area contributed by atoms with Crippen LogP contribution in [0.5, 0.6) is 0 Å². The van der Waals surface area contributed by atoms with Crippen molar-refractivity contribution in [3.05, 3.63) is 33.8 Å². The van der Waals surface area contributed by atoms with Gasteiger partial charge in [-0.05, 0) is 43.9 Å². The lowest BCUT2D eigenvalue weighted by Gasteiger charge is -2.21. The van der Waals surface area contributed by atoms with E-state index >= 15 is 0 Å². The highest BCUT2D eigenvalue weighted by Gasteiger charge is 2.18. The van der Waals surface area contributed by atoms with E-state index in [2.05, 4.69) is 21.2 Å². The summed E-state index contributed by atoms with van der Waals surface area (Å²) >= 11 is 4.96. The molecule has 0 radical (unpaired) electrons. The fourth-order valence-electron chi connectivity index (χ4n) is 1.61. The molecule has 100 valence electrons. The minimum Gasteiger partial charge on any atom is -0.395 e. The van der Waals surface area contributed by atoms with Gasteiger partial charge in [0.05, 0.1) is 6.61 Å². The molecule has 1 amide bonds. The second-order valence-corrected chi connectivity index (χ2v) is 6.11. The van der Waals surface area contributed by atoms with Crippen LogP contribution in [0, 0.1) is 6.92 Å². The Balaban J connectivity index is 2.73. The maximum atomic E-state index is 12.0. The molecule has 0 aliphatic rings. The predicted molar refractivity (Wildman–Crippen MR) is 80.2 cm³/mol. The molecule has 18 heavy (non-hydrogen) atoms. The highest BCUT2D eigenvalue weighted by atomic mass is 79.9. The van der Waals surface area contributed by atoms with Crippen LogP contribution >= 0.6 is 27.7 Å². The molecule has 0 bridgehead atoms. The highest BCUT2D eigenvalue weighted by molar-refractivity contribution is 9.10. The van der Waals surface area contributed by atoms with E-state index in [1.54, 1.807) is 17.8 Å². The number of halogens is 1. The van der Waals surface area contributed by atoms with Gasteiger partial charge >= 0.3 is 0 Å². The van der Waals surface area contributed by atoms with Crippen molar-refractivity contribution in [2.45, 2.75) is 25.1 Å². The lowest BCUT2D eigenvalue weighted by molar-refractivity contribution is 0.0936. The average molecular weight is 332 g/mol. The van der Waals surface area contributed by atoms with Crippen molar-refractivity contribution in [3.63, 3.8) is 0 Å². The third kappa shape index (κ3) is 4.00. The molecule has 0 aromatic heterocycles. The molecule has 0 spiro atoms. The molecule has 5 heteroatoms. The van der Waals surface area contributed by atoms with Crippen LogP contribution < -0.4 is 5.32 Å². The summed E-state index contributed by atoms with van der Waals surface area (Å²) in [5, 5.41) is 12.1. The van der Waals surface area contributed by atoms with Crippen molar-refractivity contribution in [3.8, 4) is 0 Å². The molecule has 0 heterocycles. The second-order valence-electron chi connectivity index (χ2n) is 4.18. The lowest BCUT2D eigenvalue weighted by Crippen LogP contribution is -2.41. The topological polar surface area (TPSA) is 49.3 Å². The molecular weight excluding hydrogens is 314 g/mol. The van der Waals surface area contributed by atoms with E-state index < -0.39 is 0 Å². The van der Waals surface area contributed by atoms with Crippen LogP contribution in [-0.4, -0.2) is 35.2 Å². The predicted octanol–water partition coefficient (Wildman–Crippen LogP) is 2.60. The summed E-state index contributed by atoms with van der Waals surface area (Å²) in [7, 11) is 0. The van der Waals surface area contributed by atoms with Crippen LogP contribution in [0.3, 0.4) is 0 Å². The van der Waals surface area contributed by atoms with Gasteiger partial charge in [-0.25, -0.2) is 0 Å². The number of aliphatic hydroxyl groups is 1. The maximum absolute atomic E-state index is 12.0. The lowest BCUT2D eigenvalue weighted by atomic mass is 10.1. The number of nitrogens with one attached hydrogen (secondary N) is 1. The van der Waals surface area contributed by atoms with Crippen molar-refractivity contribution in [2.24, 2.45) is 0 Å². The number of hydrogen-bond acceptors (Lipinski definition) is 3. The number of rotatable bonds is 5. The number of benzene rings is 1. The van der Waals surface area contributed by atoms with Crippen molar-refractivity contribution in [1.29, 1.82) is 0 Å². The second kappa shape index (κ2) is 7.16. The van der Waals surface area contributed by atoms with E-state index in [0.717, 1.165) is 10.0 Å². The molecule has 2 atom stereocenters. The van der Waals surface area contributed by atoms with E-state index in [4.69, 9.17) is 0 Å². The van der Waals surface area contributed by atoms with E-state index in [1.165, 1.54) is 0 Å². The van der Waals surface area contributed by atoms with Crippen molar-refractivity contribution in [2.75, 3.05) is 12.9 Å². The molecule has 3 nitrogen and oxygen atoms in total. The monoisotopic (exact) mass is 331 g/mol. The Labute approximate surface area is 120 Å². The van der Waals surface area contributed by atoms with Crippen LogP contribution in [-0.2, 0) is 0 Å². The number of amides is 1. The molecule has 0 saturated heterocycles. The Hall–Kier alpha value is -0.520. The fourth-order valence-corrected chi connectivity index (χ4v) is 2.48. The number of carbonyl (C=O) groups is 1. The smallest absolute Gasteiger partial charge is 0.251 e. The third-order valence-corrected chi connectivity index (χ3v) is 4.87. The van der Waals surface area contributed by atoms with E-state index in [-0.39, 0.29) is 23.8 Å². The summed E-state index contributed by atoms with van der Waals surface area (Å²) in [6.45, 7) is 3.91. The zero-order valence-electron chi connectivity index (χ0n) is 10.7. The van der Waals surface area contributed by atoms with Crippen LogP contribution in [0.1, 0.15) is 22.8 Å². The minimum atomic E-state index is -0.106. The Morgan fingerprint density at radius 2 is 2.22 bits per heavy atom. The van der Waals surface area contributed by atoms with E-state index in [0.29, 0.717) is 5.56 Å². The van der Waals surface area contributed by atoms with Gasteiger partial charge in [-0.2, -0.15) is 11.8 Å². The van der Waals surface area contributed by atoms with Gasteiger partial charge in [0, 0.05) is 21.3 Å². The molecule has 1 aromatic carbocycles. The Bertz CT molecular complexity index is 421. The number of aliphatic hydroxyl groups excluding tert-OH is 1. The molecule has 1 aromatic rings. The number of thioether (sulfide) groups is 1. The molecule has 1 rings (SSSR count). The maximum Gasteiger partial charge on any atom is 0.251 e. The summed E-state index contributed by atoms with van der Waals surface area (Å²) in [4.78, 5) is 12.0. The summed E-state index contributed by atoms with van der Waals surface area (Å²) in [6.07, 6.45) is 1.92. The number of carbonyl (C=O) groups excluding carboxylic acids is 1. The first-order valence-electron chi connectivity index (χ1n) is 5.70. The van der Waals surface area contributed by atoms with Crippen LogP contribution in [0.25, 0.3) is 0 Å². The molecule has 2 unspecified atom stereocenters. The first-order chi connectivity index (χ1) is 8.49. The number of hydrogen-bond donors (Lipinski definition) is 2. The zero-order valence-corrected chi connectivity index (χ0v) is 13.1. The molecule has 2 N–H and O–H groups in total. The SMILES string of the molecule is CSC(CO)C(C)NC(=O)c1ccc(Br)c(C)c1. The van der Waals surface area contributed by atoms with Crippen LogP contribution in [0.2, 0.25) is 0 Å². The third-order valence-electron chi connectivity index (χ3n) is 2.82. The van der Waals surface area contributed by atoms with E-state index in [9.17, 15) is 9.90 Å². The molecule has 0 saturated carbocycles. The summed E-state index contributed by atoms with van der Waals surface area (Å²) in [5.41, 5.74) is 1.67. The van der Waals surface area contributed by atoms with Gasteiger partial charge in [-0.1, -0.05) is 15.9 Å². The Morgan fingerprint density at radius 3 is 2.72 bits per heavy atom. The van der Waals surface area contributed by atoms with Gasteiger partial charge in [0.15, 0.2) is 0 Å². The standard InChI is InChI=1S/C13H18BrNO2S/c1-8-6-10(4-5-11(8)14)13(17)15-9(2)12(7-16)18-3/h4-6,9,12,16H,7H2,1-3H3,(H,15,17). The molecule has 0 fully saturated rings. The highest BCUT2D eigenvalue weighted by Crippen LogP contribution is 2.17. The van der Waals surface area contributed by atoms with E-state index in [1.807, 2.05) is 32.2 Å². The number of aryl methyl sites for hydroxylation is 1. The molecule has 0 aliphatic carbocycles. The first kappa shape index (κ1) is 15.5. The van der Waals surface area contributed by atoms with Crippen molar-refractivity contribution in [1.82, 2.24) is 5.32 Å². The molecule has 0 aliphatic heterocycles. The van der Waals surface area contributed by atoms with Crippen LogP contribution in [0.4, 0.5) is 0 Å². The molecular formula is C13H18BrNO2S. The van der Waals surface area contributed by atoms with Crippen LogP contribution in [0.15, 0.2) is 22.7 Å². The summed E-state index contributed by atoms with van der Waals surface area (Å²) in [6, 6.07) is 5.43. The minimum absolute atomic E-state index is 0.0190. The first-order valence-corrected chi connectivity index (χ1v) is 7.78. The van der Waals surface area contributed by atoms with Gasteiger partial charge in [0.1, 0.15) is 0 Å². The zero-order chi connectivity index (χ0) is 13.7. The van der Waals surface area contributed by atoms with Gasteiger partial charge in [0.25, 0.3) is 5.91 Å².